The van der Waals surface area contributed by atoms with Gasteiger partial charge in [0.25, 0.3) is 0 Å². The summed E-state index contributed by atoms with van der Waals surface area (Å²) in [4.78, 5) is 4.24. The number of aromatic nitrogens is 2. The van der Waals surface area contributed by atoms with Crippen LogP contribution in [0.15, 0.2) is 24.5 Å². The van der Waals surface area contributed by atoms with Crippen LogP contribution in [0, 0.1) is 0 Å². The summed E-state index contributed by atoms with van der Waals surface area (Å²) in [5, 5.41) is 9.66. The van der Waals surface area contributed by atoms with Crippen LogP contribution in [-0.4, -0.2) is 14.7 Å². The summed E-state index contributed by atoms with van der Waals surface area (Å²) in [6, 6.07) is 6.02. The lowest BCUT2D eigenvalue weighted by atomic mass is 10.3. The molecule has 2 aromatic rings. The van der Waals surface area contributed by atoms with Gasteiger partial charge in [-0.2, -0.15) is 0 Å². The molecule has 1 N–H and O–H groups in total. The van der Waals surface area contributed by atoms with Crippen molar-refractivity contribution in [1.29, 1.82) is 0 Å². The van der Waals surface area contributed by atoms with E-state index >= 15 is 0 Å². The van der Waals surface area contributed by atoms with Crippen LogP contribution >= 0.6 is 0 Å². The SMILES string of the molecule is Oc1cccc2ncn(C3CC3)c12. The average molecular weight is 174 g/mol. The number of imidazole rings is 1. The van der Waals surface area contributed by atoms with Gasteiger partial charge in [-0.25, -0.2) is 4.98 Å². The minimum Gasteiger partial charge on any atom is -0.506 e. The number of phenolic OH excluding ortho intramolecular Hbond substituents is 1. The van der Waals surface area contributed by atoms with E-state index in [4.69, 9.17) is 0 Å². The number of nitrogens with zero attached hydrogens (tertiary/aromatic N) is 2. The molecule has 1 aromatic heterocycles. The molecule has 1 heterocycles. The van der Waals surface area contributed by atoms with Crippen LogP contribution in [0.25, 0.3) is 11.0 Å². The lowest BCUT2D eigenvalue weighted by Crippen LogP contribution is -1.90. The number of fused-ring (bicyclic) bond motifs is 1. The number of hydrogen-bond acceptors (Lipinski definition) is 2. The van der Waals surface area contributed by atoms with Crippen molar-refractivity contribution < 1.29 is 5.11 Å². The Morgan fingerprint density at radius 3 is 3.00 bits per heavy atom. The van der Waals surface area contributed by atoms with E-state index in [0.29, 0.717) is 11.8 Å². The second-order valence-electron chi connectivity index (χ2n) is 3.53. The first-order valence-corrected chi connectivity index (χ1v) is 4.51. The Morgan fingerprint density at radius 1 is 1.38 bits per heavy atom. The van der Waals surface area contributed by atoms with Crippen molar-refractivity contribution >= 4 is 11.0 Å². The molecular weight excluding hydrogens is 164 g/mol. The molecule has 1 aromatic carbocycles. The first kappa shape index (κ1) is 6.95. The highest BCUT2D eigenvalue weighted by molar-refractivity contribution is 5.81. The minimum atomic E-state index is 0.335. The van der Waals surface area contributed by atoms with Gasteiger partial charge in [0.15, 0.2) is 0 Å². The van der Waals surface area contributed by atoms with Crippen LogP contribution in [0.4, 0.5) is 0 Å². The van der Waals surface area contributed by atoms with Crippen molar-refractivity contribution in [3.05, 3.63) is 24.5 Å². The van der Waals surface area contributed by atoms with Gasteiger partial charge in [-0.1, -0.05) is 6.07 Å². The maximum Gasteiger partial charge on any atom is 0.141 e. The Hall–Kier alpha value is -1.51. The van der Waals surface area contributed by atoms with Crippen molar-refractivity contribution in [2.75, 3.05) is 0 Å². The molecule has 1 aliphatic rings. The van der Waals surface area contributed by atoms with Crippen molar-refractivity contribution in [3.63, 3.8) is 0 Å². The summed E-state index contributed by atoms with van der Waals surface area (Å²) in [6.45, 7) is 0. The molecule has 0 aliphatic heterocycles. The van der Waals surface area contributed by atoms with E-state index in [2.05, 4.69) is 9.55 Å². The summed E-state index contributed by atoms with van der Waals surface area (Å²) < 4.78 is 2.07. The lowest BCUT2D eigenvalue weighted by molar-refractivity contribution is 0.477. The average Bonchev–Trinajstić information content (AvgIpc) is 2.87. The topological polar surface area (TPSA) is 38.1 Å². The van der Waals surface area contributed by atoms with Crippen LogP contribution in [-0.2, 0) is 0 Å². The maximum atomic E-state index is 9.66. The Balaban J connectivity index is 2.34. The molecule has 0 spiro atoms. The predicted molar refractivity (Wildman–Crippen MR) is 49.7 cm³/mol. The fraction of sp³-hybridized carbons (Fsp3) is 0.300. The molecule has 1 fully saturated rings. The van der Waals surface area contributed by atoms with Crippen LogP contribution in [0.1, 0.15) is 18.9 Å². The largest absolute Gasteiger partial charge is 0.506 e. The molecule has 0 bridgehead atoms. The van der Waals surface area contributed by atoms with E-state index in [0.717, 1.165) is 11.0 Å². The molecule has 0 saturated heterocycles. The molecule has 1 saturated carbocycles. The maximum absolute atomic E-state index is 9.66. The summed E-state index contributed by atoms with van der Waals surface area (Å²) in [6.07, 6.45) is 4.24. The number of phenols is 1. The quantitative estimate of drug-likeness (QED) is 0.718. The molecule has 13 heavy (non-hydrogen) atoms. The van der Waals surface area contributed by atoms with Crippen LogP contribution in [0.2, 0.25) is 0 Å². The molecule has 66 valence electrons. The van der Waals surface area contributed by atoms with Gasteiger partial charge in [-0.3, -0.25) is 0 Å². The van der Waals surface area contributed by atoms with Gasteiger partial charge in [-0.15, -0.1) is 0 Å². The van der Waals surface area contributed by atoms with E-state index in [1.54, 1.807) is 6.07 Å². The standard InChI is InChI=1S/C10H10N2O/c13-9-3-1-2-8-10(9)12(6-11-8)7-4-5-7/h1-3,6-7,13H,4-5H2. The molecular formula is C10H10N2O. The van der Waals surface area contributed by atoms with Crippen molar-refractivity contribution in [2.45, 2.75) is 18.9 Å². The van der Waals surface area contributed by atoms with Crippen molar-refractivity contribution in [1.82, 2.24) is 9.55 Å². The zero-order chi connectivity index (χ0) is 8.84. The highest BCUT2D eigenvalue weighted by Gasteiger charge is 2.25. The zero-order valence-corrected chi connectivity index (χ0v) is 7.14. The third-order valence-electron chi connectivity index (χ3n) is 2.51. The first-order chi connectivity index (χ1) is 6.36. The van der Waals surface area contributed by atoms with Crippen molar-refractivity contribution in [3.8, 4) is 5.75 Å². The van der Waals surface area contributed by atoms with E-state index in [1.165, 1.54) is 12.8 Å². The van der Waals surface area contributed by atoms with Gasteiger partial charge in [-0.05, 0) is 25.0 Å². The second kappa shape index (κ2) is 2.25. The fourth-order valence-corrected chi connectivity index (χ4v) is 1.70. The Bertz CT molecular complexity index is 457. The fourth-order valence-electron chi connectivity index (χ4n) is 1.70. The molecule has 3 nitrogen and oxygen atoms in total. The van der Waals surface area contributed by atoms with E-state index < -0.39 is 0 Å². The number of rotatable bonds is 1. The summed E-state index contributed by atoms with van der Waals surface area (Å²) in [5.41, 5.74) is 1.76. The summed E-state index contributed by atoms with van der Waals surface area (Å²) in [5.74, 6) is 0.335. The molecule has 0 atom stereocenters. The lowest BCUT2D eigenvalue weighted by Gasteiger charge is -2.01. The van der Waals surface area contributed by atoms with Gasteiger partial charge in [0.1, 0.15) is 11.3 Å². The Morgan fingerprint density at radius 2 is 2.23 bits per heavy atom. The third-order valence-corrected chi connectivity index (χ3v) is 2.51. The molecule has 3 heteroatoms. The van der Waals surface area contributed by atoms with E-state index in [9.17, 15) is 5.11 Å². The normalized spacial score (nSPS) is 16.6. The predicted octanol–water partition coefficient (Wildman–Crippen LogP) is 2.08. The molecule has 1 aliphatic carbocycles. The van der Waals surface area contributed by atoms with E-state index in [-0.39, 0.29) is 0 Å². The van der Waals surface area contributed by atoms with Crippen molar-refractivity contribution in [2.24, 2.45) is 0 Å². The summed E-state index contributed by atoms with van der Waals surface area (Å²) >= 11 is 0. The molecule has 0 amide bonds. The summed E-state index contributed by atoms with van der Waals surface area (Å²) in [7, 11) is 0. The van der Waals surface area contributed by atoms with Gasteiger partial charge < -0.3 is 9.67 Å². The highest BCUT2D eigenvalue weighted by Crippen LogP contribution is 2.38. The number of hydrogen-bond donors (Lipinski definition) is 1. The third kappa shape index (κ3) is 0.932. The van der Waals surface area contributed by atoms with Gasteiger partial charge >= 0.3 is 0 Å². The number of aromatic hydroxyl groups is 1. The van der Waals surface area contributed by atoms with Crippen LogP contribution in [0.5, 0.6) is 5.75 Å². The number of benzene rings is 1. The first-order valence-electron chi connectivity index (χ1n) is 4.51. The molecule has 0 unspecified atom stereocenters. The van der Waals surface area contributed by atoms with Gasteiger partial charge in [0, 0.05) is 6.04 Å². The molecule has 3 rings (SSSR count). The molecule has 0 radical (unpaired) electrons. The highest BCUT2D eigenvalue weighted by atomic mass is 16.3. The second-order valence-corrected chi connectivity index (χ2v) is 3.53. The smallest absolute Gasteiger partial charge is 0.141 e. The zero-order valence-electron chi connectivity index (χ0n) is 7.14. The monoisotopic (exact) mass is 174 g/mol. The van der Waals surface area contributed by atoms with Gasteiger partial charge in [0.2, 0.25) is 0 Å². The van der Waals surface area contributed by atoms with Crippen LogP contribution in [0.3, 0.4) is 0 Å². The van der Waals surface area contributed by atoms with Gasteiger partial charge in [0.05, 0.1) is 11.8 Å². The van der Waals surface area contributed by atoms with Crippen LogP contribution < -0.4 is 0 Å². The Labute approximate surface area is 75.6 Å². The Kier molecular flexibility index (Phi) is 1.20. The minimum absolute atomic E-state index is 0.335. The number of para-hydroxylation sites is 1. The van der Waals surface area contributed by atoms with E-state index in [1.807, 2.05) is 18.5 Å².